The molecule has 0 radical (unpaired) electrons. The average molecular weight is 371 g/mol. The standard InChI is InChI=1S/C23H17NO4/c1-14-3-5-16(6-4-14)12-20-22(25)21-15(2)11-18(13-19(21)28-20)27-23(26)17-7-9-24-10-8-17/h3-13H,1-2H3/b20-12-. The van der Waals surface area contributed by atoms with E-state index >= 15 is 0 Å². The zero-order valence-electron chi connectivity index (χ0n) is 15.4. The predicted molar refractivity (Wildman–Crippen MR) is 104 cm³/mol. The number of hydrogen-bond donors (Lipinski definition) is 0. The van der Waals surface area contributed by atoms with Gasteiger partial charge in [0.1, 0.15) is 11.5 Å². The van der Waals surface area contributed by atoms with Crippen LogP contribution in [0.1, 0.15) is 37.4 Å². The van der Waals surface area contributed by atoms with Gasteiger partial charge in [-0.05, 0) is 49.2 Å². The van der Waals surface area contributed by atoms with Gasteiger partial charge in [0.15, 0.2) is 5.76 Å². The number of allylic oxidation sites excluding steroid dienone is 1. The Morgan fingerprint density at radius 3 is 2.46 bits per heavy atom. The lowest BCUT2D eigenvalue weighted by Crippen LogP contribution is -2.08. The van der Waals surface area contributed by atoms with Crippen LogP contribution in [0.4, 0.5) is 0 Å². The van der Waals surface area contributed by atoms with Gasteiger partial charge in [-0.1, -0.05) is 29.8 Å². The third-order valence-corrected chi connectivity index (χ3v) is 4.45. The molecule has 138 valence electrons. The zero-order valence-corrected chi connectivity index (χ0v) is 15.4. The minimum atomic E-state index is -0.499. The van der Waals surface area contributed by atoms with Crippen molar-refractivity contribution in [2.24, 2.45) is 0 Å². The Labute approximate surface area is 162 Å². The van der Waals surface area contributed by atoms with Crippen LogP contribution in [0.5, 0.6) is 11.5 Å². The number of Topliss-reactive ketones (excluding diaryl/α,β-unsaturated/α-hetero) is 1. The van der Waals surface area contributed by atoms with Gasteiger partial charge in [-0.15, -0.1) is 0 Å². The number of esters is 1. The number of rotatable bonds is 3. The van der Waals surface area contributed by atoms with Crippen LogP contribution in [0.25, 0.3) is 6.08 Å². The number of pyridine rings is 1. The number of benzene rings is 2. The second kappa shape index (κ2) is 7.12. The summed E-state index contributed by atoms with van der Waals surface area (Å²) in [5.41, 5.74) is 3.59. The highest BCUT2D eigenvalue weighted by molar-refractivity contribution is 6.15. The van der Waals surface area contributed by atoms with E-state index < -0.39 is 5.97 Å². The maximum atomic E-state index is 12.7. The molecule has 2 aromatic carbocycles. The van der Waals surface area contributed by atoms with Crippen molar-refractivity contribution in [3.8, 4) is 11.5 Å². The highest BCUT2D eigenvalue weighted by Gasteiger charge is 2.30. The van der Waals surface area contributed by atoms with Gasteiger partial charge >= 0.3 is 5.97 Å². The summed E-state index contributed by atoms with van der Waals surface area (Å²) in [5.74, 6) is 0.282. The van der Waals surface area contributed by atoms with Crippen molar-refractivity contribution < 1.29 is 19.1 Å². The minimum absolute atomic E-state index is 0.180. The molecule has 28 heavy (non-hydrogen) atoms. The zero-order chi connectivity index (χ0) is 19.7. The number of carbonyl (C=O) groups is 2. The maximum Gasteiger partial charge on any atom is 0.343 e. The van der Waals surface area contributed by atoms with Gasteiger partial charge < -0.3 is 9.47 Å². The van der Waals surface area contributed by atoms with Crippen molar-refractivity contribution in [1.82, 2.24) is 4.98 Å². The molecule has 0 aliphatic carbocycles. The molecule has 5 heteroatoms. The summed E-state index contributed by atoms with van der Waals surface area (Å²) in [5, 5.41) is 0. The molecule has 1 aliphatic rings. The van der Waals surface area contributed by atoms with Crippen LogP contribution < -0.4 is 9.47 Å². The Kier molecular flexibility index (Phi) is 4.49. The molecule has 0 saturated carbocycles. The van der Waals surface area contributed by atoms with Gasteiger partial charge in [-0.2, -0.15) is 0 Å². The summed E-state index contributed by atoms with van der Waals surface area (Å²) in [7, 11) is 0. The topological polar surface area (TPSA) is 65.5 Å². The Hall–Kier alpha value is -3.73. The molecule has 1 aromatic heterocycles. The lowest BCUT2D eigenvalue weighted by molar-refractivity contribution is 0.0734. The van der Waals surface area contributed by atoms with Crippen LogP contribution in [0.2, 0.25) is 0 Å². The average Bonchev–Trinajstić information content (AvgIpc) is 3.00. The van der Waals surface area contributed by atoms with E-state index in [4.69, 9.17) is 9.47 Å². The molecule has 0 bridgehead atoms. The molecule has 0 unspecified atom stereocenters. The highest BCUT2D eigenvalue weighted by atomic mass is 16.5. The van der Waals surface area contributed by atoms with Crippen molar-refractivity contribution in [1.29, 1.82) is 0 Å². The molecule has 2 heterocycles. The van der Waals surface area contributed by atoms with E-state index in [1.807, 2.05) is 31.2 Å². The smallest absolute Gasteiger partial charge is 0.343 e. The van der Waals surface area contributed by atoms with Gasteiger partial charge in [-0.25, -0.2) is 4.79 Å². The first-order valence-electron chi connectivity index (χ1n) is 8.79. The molecule has 5 nitrogen and oxygen atoms in total. The summed E-state index contributed by atoms with van der Waals surface area (Å²) in [4.78, 5) is 28.9. The lowest BCUT2D eigenvalue weighted by Gasteiger charge is -2.07. The van der Waals surface area contributed by atoms with Crippen LogP contribution in [0.3, 0.4) is 0 Å². The van der Waals surface area contributed by atoms with E-state index in [1.54, 1.807) is 37.3 Å². The molecule has 1 aliphatic heterocycles. The number of ketones is 1. The van der Waals surface area contributed by atoms with Crippen molar-refractivity contribution in [2.45, 2.75) is 13.8 Å². The van der Waals surface area contributed by atoms with E-state index in [2.05, 4.69) is 4.98 Å². The molecule has 0 spiro atoms. The monoisotopic (exact) mass is 371 g/mol. The van der Waals surface area contributed by atoms with Crippen molar-refractivity contribution in [3.05, 3.63) is 94.5 Å². The van der Waals surface area contributed by atoms with Gasteiger partial charge in [0, 0.05) is 18.5 Å². The summed E-state index contributed by atoms with van der Waals surface area (Å²) >= 11 is 0. The normalized spacial score (nSPS) is 13.9. The third kappa shape index (κ3) is 3.42. The highest BCUT2D eigenvalue weighted by Crippen LogP contribution is 2.37. The van der Waals surface area contributed by atoms with Crippen LogP contribution in [-0.2, 0) is 0 Å². The maximum absolute atomic E-state index is 12.7. The Balaban J connectivity index is 1.61. The molecule has 0 N–H and O–H groups in total. The molecule has 0 fully saturated rings. The van der Waals surface area contributed by atoms with E-state index in [0.29, 0.717) is 28.2 Å². The first-order chi connectivity index (χ1) is 13.5. The number of aryl methyl sites for hydroxylation is 2. The van der Waals surface area contributed by atoms with Gasteiger partial charge in [0.25, 0.3) is 0 Å². The Morgan fingerprint density at radius 2 is 1.75 bits per heavy atom. The summed E-state index contributed by atoms with van der Waals surface area (Å²) in [6, 6.07) is 14.2. The lowest BCUT2D eigenvalue weighted by atomic mass is 10.0. The molecule has 0 saturated heterocycles. The SMILES string of the molecule is Cc1ccc(/C=C2\Oc3cc(OC(=O)c4ccncc4)cc(C)c3C2=O)cc1. The first-order valence-corrected chi connectivity index (χ1v) is 8.79. The molecule has 4 rings (SSSR count). The second-order valence-corrected chi connectivity index (χ2v) is 6.59. The number of carbonyl (C=O) groups excluding carboxylic acids is 2. The number of nitrogens with zero attached hydrogens (tertiary/aromatic N) is 1. The summed E-state index contributed by atoms with van der Waals surface area (Å²) < 4.78 is 11.2. The molecular weight excluding hydrogens is 354 g/mol. The molecule has 3 aromatic rings. The fraction of sp³-hybridized carbons (Fsp3) is 0.0870. The predicted octanol–water partition coefficient (Wildman–Crippen LogP) is 4.53. The minimum Gasteiger partial charge on any atom is -0.452 e. The molecular formula is C23H17NO4. The fourth-order valence-electron chi connectivity index (χ4n) is 3.00. The van der Waals surface area contributed by atoms with E-state index in [1.165, 1.54) is 12.4 Å². The number of ether oxygens (including phenoxy) is 2. The molecule has 0 amide bonds. The number of hydrogen-bond acceptors (Lipinski definition) is 5. The Morgan fingerprint density at radius 1 is 1.04 bits per heavy atom. The van der Waals surface area contributed by atoms with Gasteiger partial charge in [0.2, 0.25) is 5.78 Å². The van der Waals surface area contributed by atoms with Gasteiger partial charge in [-0.3, -0.25) is 9.78 Å². The van der Waals surface area contributed by atoms with Crippen LogP contribution in [0.15, 0.2) is 66.7 Å². The van der Waals surface area contributed by atoms with Crippen LogP contribution >= 0.6 is 0 Å². The largest absolute Gasteiger partial charge is 0.452 e. The Bertz CT molecular complexity index is 1100. The van der Waals surface area contributed by atoms with Gasteiger partial charge in [0.05, 0.1) is 11.1 Å². The van der Waals surface area contributed by atoms with Crippen molar-refractivity contribution >= 4 is 17.8 Å². The van der Waals surface area contributed by atoms with E-state index in [0.717, 1.165) is 11.1 Å². The summed E-state index contributed by atoms with van der Waals surface area (Å²) in [6.45, 7) is 3.79. The van der Waals surface area contributed by atoms with E-state index in [-0.39, 0.29) is 11.5 Å². The molecule has 0 atom stereocenters. The number of aromatic nitrogens is 1. The fourth-order valence-corrected chi connectivity index (χ4v) is 3.00. The quantitative estimate of drug-likeness (QED) is 0.384. The summed E-state index contributed by atoms with van der Waals surface area (Å²) in [6.07, 6.45) is 4.76. The van der Waals surface area contributed by atoms with E-state index in [9.17, 15) is 9.59 Å². The number of fused-ring (bicyclic) bond motifs is 1. The van der Waals surface area contributed by atoms with Crippen molar-refractivity contribution in [2.75, 3.05) is 0 Å². The van der Waals surface area contributed by atoms with Crippen molar-refractivity contribution in [3.63, 3.8) is 0 Å². The van der Waals surface area contributed by atoms with Crippen LogP contribution in [0, 0.1) is 13.8 Å². The third-order valence-electron chi connectivity index (χ3n) is 4.45. The first kappa shape index (κ1) is 17.7. The second-order valence-electron chi connectivity index (χ2n) is 6.59. The van der Waals surface area contributed by atoms with Crippen LogP contribution in [-0.4, -0.2) is 16.7 Å².